The Hall–Kier alpha value is -2.54. The van der Waals surface area contributed by atoms with E-state index in [1.54, 1.807) is 48.5 Å². The molecule has 4 rings (SSSR count). The molecule has 0 saturated carbocycles. The molecule has 0 unspecified atom stereocenters. The smallest absolute Gasteiger partial charge is 0.319 e. The third-order valence-electron chi connectivity index (χ3n) is 5.82. The quantitative estimate of drug-likeness (QED) is 0.402. The number of carbonyl (C=O) groups is 2. The summed E-state index contributed by atoms with van der Waals surface area (Å²) in [5.41, 5.74) is 2.76. The van der Waals surface area contributed by atoms with Gasteiger partial charge < -0.3 is 21.3 Å². The van der Waals surface area contributed by atoms with Gasteiger partial charge in [-0.15, -0.1) is 23.2 Å². The molecule has 2 fully saturated rings. The van der Waals surface area contributed by atoms with E-state index in [1.807, 2.05) is 0 Å². The number of hydrogen-bond donors (Lipinski definition) is 4. The van der Waals surface area contributed by atoms with Gasteiger partial charge in [-0.1, -0.05) is 24.3 Å². The van der Waals surface area contributed by atoms with Gasteiger partial charge in [0.15, 0.2) is 19.7 Å². The molecule has 4 amide bonds. The fourth-order valence-corrected chi connectivity index (χ4v) is 9.14. The van der Waals surface area contributed by atoms with Crippen molar-refractivity contribution in [1.29, 1.82) is 0 Å². The first-order valence-electron chi connectivity index (χ1n) is 10.9. The van der Waals surface area contributed by atoms with E-state index in [0.29, 0.717) is 11.4 Å². The Kier molecular flexibility index (Phi) is 7.69. The second kappa shape index (κ2) is 10.4. The maximum absolute atomic E-state index is 12.2. The zero-order valence-corrected chi connectivity index (χ0v) is 21.9. The summed E-state index contributed by atoms with van der Waals surface area (Å²) in [4.78, 5) is 24.4. The van der Waals surface area contributed by atoms with Crippen LogP contribution in [0.2, 0.25) is 0 Å². The van der Waals surface area contributed by atoms with E-state index in [4.69, 9.17) is 23.2 Å². The Morgan fingerprint density at radius 2 is 0.944 bits per heavy atom. The Labute approximate surface area is 219 Å². The van der Waals surface area contributed by atoms with Crippen LogP contribution in [0.1, 0.15) is 0 Å². The predicted octanol–water partition coefficient (Wildman–Crippen LogP) is 2.41. The van der Waals surface area contributed by atoms with E-state index in [2.05, 4.69) is 21.3 Å². The summed E-state index contributed by atoms with van der Waals surface area (Å²) in [5, 5.41) is 9.17. The zero-order valence-electron chi connectivity index (χ0n) is 18.8. The summed E-state index contributed by atoms with van der Waals surface area (Å²) in [7, 11) is -6.50. The average Bonchev–Trinajstić information content (AvgIpc) is 3.19. The molecule has 194 valence electrons. The molecular formula is C22H24Cl2N4O6S2. The van der Waals surface area contributed by atoms with Crippen LogP contribution in [-0.4, -0.2) is 74.7 Å². The highest BCUT2D eigenvalue weighted by molar-refractivity contribution is 7.92. The third kappa shape index (κ3) is 6.81. The molecule has 14 heteroatoms. The van der Waals surface area contributed by atoms with Crippen LogP contribution in [0.3, 0.4) is 0 Å². The van der Waals surface area contributed by atoms with Crippen LogP contribution in [0.5, 0.6) is 0 Å². The summed E-state index contributed by atoms with van der Waals surface area (Å²) < 4.78 is 46.5. The van der Waals surface area contributed by atoms with Crippen molar-refractivity contribution in [2.75, 3.05) is 33.6 Å². The van der Waals surface area contributed by atoms with Gasteiger partial charge in [0.1, 0.15) is 0 Å². The molecule has 2 aromatic carbocycles. The van der Waals surface area contributed by atoms with Gasteiger partial charge in [0.25, 0.3) is 0 Å². The first kappa shape index (κ1) is 26.5. The van der Waals surface area contributed by atoms with E-state index in [-0.39, 0.29) is 23.0 Å². The molecule has 2 aliphatic rings. The molecule has 0 aromatic heterocycles. The minimum absolute atomic E-state index is 0.161. The van der Waals surface area contributed by atoms with Gasteiger partial charge in [-0.25, -0.2) is 26.4 Å². The lowest BCUT2D eigenvalue weighted by atomic mass is 10.1. The minimum Gasteiger partial charge on any atom is -0.333 e. The summed E-state index contributed by atoms with van der Waals surface area (Å²) in [6.07, 6.45) is 0. The fraction of sp³-hybridized carbons (Fsp3) is 0.364. The summed E-state index contributed by atoms with van der Waals surface area (Å²) in [6, 6.07) is 11.7. The standard InChI is InChI=1S/C22H24Cl2N4O6S2/c23-17-9-35(31,32)11-19(17)27-21(29)25-15-5-1-13(2-6-15)14-3-7-16(8-4-14)26-22(30)28-20-12-36(33,34)10-18(20)24/h1-8,17-20H,9-12H2,(H2,25,27,29)(H2,26,28,30)/t17-,18+,19+,20-. The van der Waals surface area contributed by atoms with Crippen molar-refractivity contribution in [3.63, 3.8) is 0 Å². The zero-order chi connectivity index (χ0) is 26.1. The largest absolute Gasteiger partial charge is 0.333 e. The van der Waals surface area contributed by atoms with Crippen molar-refractivity contribution in [1.82, 2.24) is 10.6 Å². The molecule has 4 atom stereocenters. The number of alkyl halides is 2. The third-order valence-corrected chi connectivity index (χ3v) is 10.6. The van der Waals surface area contributed by atoms with Crippen LogP contribution < -0.4 is 21.3 Å². The predicted molar refractivity (Wildman–Crippen MR) is 140 cm³/mol. The number of amides is 4. The number of anilines is 2. The van der Waals surface area contributed by atoms with E-state index in [9.17, 15) is 26.4 Å². The van der Waals surface area contributed by atoms with Crippen LogP contribution in [0.15, 0.2) is 48.5 Å². The summed E-state index contributed by atoms with van der Waals surface area (Å²) in [5.74, 6) is -0.691. The number of hydrogen-bond acceptors (Lipinski definition) is 6. The van der Waals surface area contributed by atoms with Crippen LogP contribution in [0.4, 0.5) is 21.0 Å². The molecule has 10 nitrogen and oxygen atoms in total. The van der Waals surface area contributed by atoms with E-state index >= 15 is 0 Å². The first-order valence-corrected chi connectivity index (χ1v) is 15.5. The van der Waals surface area contributed by atoms with Crippen molar-refractivity contribution in [3.8, 4) is 11.1 Å². The number of rotatable bonds is 5. The number of carbonyl (C=O) groups excluding carboxylic acids is 2. The lowest BCUT2D eigenvalue weighted by Crippen LogP contribution is -2.42. The molecule has 2 heterocycles. The molecule has 0 radical (unpaired) electrons. The summed E-state index contributed by atoms with van der Waals surface area (Å²) >= 11 is 12.0. The van der Waals surface area contributed by atoms with Crippen LogP contribution in [-0.2, 0) is 19.7 Å². The summed E-state index contributed by atoms with van der Waals surface area (Å²) in [6.45, 7) is 0. The lowest BCUT2D eigenvalue weighted by Gasteiger charge is -2.15. The number of halogens is 2. The van der Waals surface area contributed by atoms with Crippen LogP contribution in [0, 0.1) is 0 Å². The lowest BCUT2D eigenvalue weighted by molar-refractivity contribution is 0.248. The molecule has 2 aliphatic heterocycles. The molecule has 2 aromatic rings. The highest BCUT2D eigenvalue weighted by atomic mass is 35.5. The molecule has 0 aliphatic carbocycles. The maximum atomic E-state index is 12.2. The van der Waals surface area contributed by atoms with Crippen molar-refractivity contribution in [2.45, 2.75) is 22.8 Å². The molecule has 0 bridgehead atoms. The van der Waals surface area contributed by atoms with Crippen LogP contribution in [0.25, 0.3) is 11.1 Å². The van der Waals surface area contributed by atoms with Crippen LogP contribution >= 0.6 is 23.2 Å². The normalized spacial score (nSPS) is 26.2. The highest BCUT2D eigenvalue weighted by Crippen LogP contribution is 2.24. The Balaban J connectivity index is 1.29. The number of urea groups is 2. The van der Waals surface area contributed by atoms with E-state index < -0.39 is 54.6 Å². The molecule has 36 heavy (non-hydrogen) atoms. The second-order valence-corrected chi connectivity index (χ2v) is 14.2. The Bertz CT molecular complexity index is 1250. The molecular weight excluding hydrogens is 551 g/mol. The van der Waals surface area contributed by atoms with Gasteiger partial charge in [-0.2, -0.15) is 0 Å². The minimum atomic E-state index is -3.25. The Morgan fingerprint density at radius 1 is 0.611 bits per heavy atom. The van der Waals surface area contributed by atoms with Gasteiger partial charge in [-0.3, -0.25) is 0 Å². The van der Waals surface area contributed by atoms with Crippen molar-refractivity contribution < 1.29 is 26.4 Å². The molecule has 4 N–H and O–H groups in total. The second-order valence-electron chi connectivity index (χ2n) is 8.75. The molecule has 0 spiro atoms. The Morgan fingerprint density at radius 3 is 1.22 bits per heavy atom. The van der Waals surface area contributed by atoms with Gasteiger partial charge in [-0.05, 0) is 35.4 Å². The first-order chi connectivity index (χ1) is 16.9. The van der Waals surface area contributed by atoms with Gasteiger partial charge >= 0.3 is 12.1 Å². The van der Waals surface area contributed by atoms with Gasteiger partial charge in [0.2, 0.25) is 0 Å². The van der Waals surface area contributed by atoms with Crippen molar-refractivity contribution in [3.05, 3.63) is 48.5 Å². The number of nitrogens with one attached hydrogen (secondary N) is 4. The average molecular weight is 575 g/mol. The van der Waals surface area contributed by atoms with E-state index in [1.165, 1.54) is 0 Å². The van der Waals surface area contributed by atoms with Crippen molar-refractivity contribution in [2.24, 2.45) is 0 Å². The van der Waals surface area contributed by atoms with Gasteiger partial charge in [0.05, 0.1) is 45.8 Å². The van der Waals surface area contributed by atoms with Crippen molar-refractivity contribution >= 4 is 66.3 Å². The maximum Gasteiger partial charge on any atom is 0.319 e. The van der Waals surface area contributed by atoms with Gasteiger partial charge in [0, 0.05) is 11.4 Å². The number of sulfone groups is 2. The molecule has 2 saturated heterocycles. The monoisotopic (exact) mass is 574 g/mol. The number of benzene rings is 2. The SMILES string of the molecule is O=C(Nc1ccc(-c2ccc(NC(=O)N[C@@H]3CS(=O)(=O)C[C@@H]3Cl)cc2)cc1)N[C@H]1CS(=O)(=O)C[C@H]1Cl. The highest BCUT2D eigenvalue weighted by Gasteiger charge is 2.38. The topological polar surface area (TPSA) is 151 Å². The fourth-order valence-electron chi connectivity index (χ4n) is 4.04. The van der Waals surface area contributed by atoms with E-state index in [0.717, 1.165) is 11.1 Å².